The van der Waals surface area contributed by atoms with Gasteiger partial charge in [-0.1, -0.05) is 62.7 Å². The molecule has 1 saturated carbocycles. The van der Waals surface area contributed by atoms with E-state index in [4.69, 9.17) is 4.74 Å². The van der Waals surface area contributed by atoms with Gasteiger partial charge in [0.2, 0.25) is 17.7 Å². The summed E-state index contributed by atoms with van der Waals surface area (Å²) in [6.07, 6.45) is 3.58. The number of hydrogen-bond donors (Lipinski definition) is 3. The number of rotatable bonds is 12. The number of nitrogens with one attached hydrogen (secondary N) is 3. The summed E-state index contributed by atoms with van der Waals surface area (Å²) in [6.45, 7) is 5.19. The van der Waals surface area contributed by atoms with E-state index in [1.807, 2.05) is 56.3 Å². The molecule has 0 saturated heterocycles. The van der Waals surface area contributed by atoms with Crippen molar-refractivity contribution in [2.24, 2.45) is 11.8 Å². The molecule has 1 aliphatic rings. The van der Waals surface area contributed by atoms with Crippen LogP contribution in [0.3, 0.4) is 0 Å². The lowest BCUT2D eigenvalue weighted by Crippen LogP contribution is -2.56. The lowest BCUT2D eigenvalue weighted by Gasteiger charge is -2.28. The largest absolute Gasteiger partial charge is 0.467 e. The second-order valence-corrected chi connectivity index (χ2v) is 11.0. The molecule has 40 heavy (non-hydrogen) atoms. The molecule has 0 aromatic heterocycles. The van der Waals surface area contributed by atoms with Crippen molar-refractivity contribution >= 4 is 40.2 Å². The van der Waals surface area contributed by atoms with E-state index in [1.165, 1.54) is 14.0 Å². The van der Waals surface area contributed by atoms with Crippen LogP contribution < -0.4 is 16.0 Å². The molecule has 3 amide bonds. The highest BCUT2D eigenvalue weighted by Gasteiger charge is 2.33. The van der Waals surface area contributed by atoms with Crippen molar-refractivity contribution in [1.82, 2.24) is 16.0 Å². The van der Waals surface area contributed by atoms with Crippen LogP contribution in [0.1, 0.15) is 64.9 Å². The number of carbonyl (C=O) groups excluding carboxylic acids is 5. The summed E-state index contributed by atoms with van der Waals surface area (Å²) < 4.78 is 4.92. The summed E-state index contributed by atoms with van der Waals surface area (Å²) in [5.41, 5.74) is 0.889. The molecule has 1 aliphatic carbocycles. The summed E-state index contributed by atoms with van der Waals surface area (Å²) in [5, 5.41) is 10.3. The van der Waals surface area contributed by atoms with E-state index in [9.17, 15) is 24.0 Å². The van der Waals surface area contributed by atoms with E-state index >= 15 is 0 Å². The number of Topliss-reactive ketones (excluding diaryl/α,β-unsaturated/α-hetero) is 1. The second kappa shape index (κ2) is 14.6. The van der Waals surface area contributed by atoms with Crippen LogP contribution in [0.4, 0.5) is 0 Å². The van der Waals surface area contributed by atoms with Gasteiger partial charge in [-0.05, 0) is 47.9 Å². The molecule has 2 aromatic carbocycles. The maximum absolute atomic E-state index is 13.5. The molecule has 9 nitrogen and oxygen atoms in total. The van der Waals surface area contributed by atoms with Crippen LogP contribution in [0.25, 0.3) is 10.8 Å². The smallest absolute Gasteiger partial charge is 0.328 e. The molecule has 4 atom stereocenters. The van der Waals surface area contributed by atoms with Gasteiger partial charge in [-0.25, -0.2) is 4.79 Å². The molecule has 1 fully saturated rings. The van der Waals surface area contributed by atoms with E-state index < -0.39 is 35.9 Å². The third-order valence-electron chi connectivity index (χ3n) is 7.34. The minimum atomic E-state index is -1.00. The minimum Gasteiger partial charge on any atom is -0.467 e. The summed E-state index contributed by atoms with van der Waals surface area (Å²) in [5.74, 6) is -2.21. The predicted molar refractivity (Wildman–Crippen MR) is 152 cm³/mol. The van der Waals surface area contributed by atoms with E-state index in [1.54, 1.807) is 0 Å². The van der Waals surface area contributed by atoms with Gasteiger partial charge in [-0.3, -0.25) is 19.2 Å². The number of ether oxygens (including phenoxy) is 1. The Bertz CT molecular complexity index is 1220. The molecule has 0 heterocycles. The molecule has 3 rings (SSSR count). The third kappa shape index (κ3) is 8.63. The highest BCUT2D eigenvalue weighted by Crippen LogP contribution is 2.25. The number of esters is 1. The normalized spacial score (nSPS) is 17.5. The molecule has 0 bridgehead atoms. The van der Waals surface area contributed by atoms with Gasteiger partial charge in [0.25, 0.3) is 0 Å². The van der Waals surface area contributed by atoms with Crippen LogP contribution in [0, 0.1) is 11.8 Å². The third-order valence-corrected chi connectivity index (χ3v) is 7.34. The number of ketones is 1. The quantitative estimate of drug-likeness (QED) is 0.347. The summed E-state index contributed by atoms with van der Waals surface area (Å²) in [6, 6.07) is 10.7. The average Bonchev–Trinajstić information content (AvgIpc) is 2.92. The number of methoxy groups -OCH3 is 1. The van der Waals surface area contributed by atoms with Crippen molar-refractivity contribution in [3.05, 3.63) is 48.0 Å². The van der Waals surface area contributed by atoms with Gasteiger partial charge in [-0.15, -0.1) is 0 Å². The first-order chi connectivity index (χ1) is 19.1. The monoisotopic (exact) mass is 551 g/mol. The molecule has 0 spiro atoms. The van der Waals surface area contributed by atoms with Crippen molar-refractivity contribution in [1.29, 1.82) is 0 Å². The van der Waals surface area contributed by atoms with Gasteiger partial charge < -0.3 is 20.7 Å². The minimum absolute atomic E-state index is 0.0461. The maximum Gasteiger partial charge on any atom is 0.328 e. The molecular weight excluding hydrogens is 510 g/mol. The highest BCUT2D eigenvalue weighted by atomic mass is 16.5. The number of carbonyl (C=O) groups is 5. The van der Waals surface area contributed by atoms with Crippen LogP contribution in [0.5, 0.6) is 0 Å². The Morgan fingerprint density at radius 2 is 1.57 bits per heavy atom. The van der Waals surface area contributed by atoms with E-state index in [0.717, 1.165) is 29.2 Å². The zero-order valence-electron chi connectivity index (χ0n) is 23.8. The number of amides is 3. The topological polar surface area (TPSA) is 131 Å². The maximum atomic E-state index is 13.5. The van der Waals surface area contributed by atoms with E-state index in [-0.39, 0.29) is 36.4 Å². The van der Waals surface area contributed by atoms with Crippen LogP contribution in [-0.2, 0) is 35.1 Å². The zero-order chi connectivity index (χ0) is 29.2. The van der Waals surface area contributed by atoms with Crippen molar-refractivity contribution in [3.63, 3.8) is 0 Å². The van der Waals surface area contributed by atoms with Crippen molar-refractivity contribution < 1.29 is 28.7 Å². The second-order valence-electron chi connectivity index (χ2n) is 11.0. The summed E-state index contributed by atoms with van der Waals surface area (Å²) >= 11 is 0. The van der Waals surface area contributed by atoms with Crippen molar-refractivity contribution in [2.75, 3.05) is 7.11 Å². The standard InChI is InChI=1S/C31H41N3O6/c1-19(2)16-25(29(37)34-27(31(39)40-4)18-23-11-6-8-15-28(23)36)33-30(38)26(32-20(3)35)17-22-13-9-12-21-10-5-7-14-24(21)22/h5,7,9-10,12-14,19,23,25-27H,6,8,11,15-18H2,1-4H3,(H,32,35)(H,33,38)(H,34,37)/t23-,25-,26-,27-/m0/s1. The van der Waals surface area contributed by atoms with Gasteiger partial charge in [0.1, 0.15) is 23.9 Å². The SMILES string of the molecule is COC(=O)[C@H](C[C@@H]1CCCCC1=O)NC(=O)[C@H](CC(C)C)NC(=O)[C@H](Cc1cccc2ccccc12)NC(C)=O. The van der Waals surface area contributed by atoms with Crippen LogP contribution in [0.2, 0.25) is 0 Å². The van der Waals surface area contributed by atoms with Crippen LogP contribution in [0.15, 0.2) is 42.5 Å². The molecular formula is C31H41N3O6. The first-order valence-electron chi connectivity index (χ1n) is 14.0. The zero-order valence-corrected chi connectivity index (χ0v) is 23.8. The molecule has 2 aromatic rings. The fourth-order valence-corrected chi connectivity index (χ4v) is 5.34. The van der Waals surface area contributed by atoms with Crippen LogP contribution in [-0.4, -0.2) is 54.7 Å². The van der Waals surface area contributed by atoms with E-state index in [0.29, 0.717) is 19.3 Å². The first-order valence-corrected chi connectivity index (χ1v) is 14.0. The highest BCUT2D eigenvalue weighted by molar-refractivity contribution is 5.94. The van der Waals surface area contributed by atoms with Gasteiger partial charge in [-0.2, -0.15) is 0 Å². The molecule has 0 radical (unpaired) electrons. The Kier molecular flexibility index (Phi) is 11.2. The molecule has 0 unspecified atom stereocenters. The lowest BCUT2D eigenvalue weighted by molar-refractivity contribution is -0.146. The van der Waals surface area contributed by atoms with Gasteiger partial charge in [0.15, 0.2) is 0 Å². The number of benzene rings is 2. The Hall–Kier alpha value is -3.75. The molecule has 9 heteroatoms. The Balaban J connectivity index is 1.78. The Morgan fingerprint density at radius 3 is 2.25 bits per heavy atom. The predicted octanol–water partition coefficient (Wildman–Crippen LogP) is 3.23. The van der Waals surface area contributed by atoms with Gasteiger partial charge >= 0.3 is 5.97 Å². The Labute approximate surface area is 235 Å². The Morgan fingerprint density at radius 1 is 0.900 bits per heavy atom. The number of fused-ring (bicyclic) bond motifs is 1. The molecule has 216 valence electrons. The van der Waals surface area contributed by atoms with Gasteiger partial charge in [0, 0.05) is 25.7 Å². The van der Waals surface area contributed by atoms with Crippen molar-refractivity contribution in [2.45, 2.75) is 83.8 Å². The van der Waals surface area contributed by atoms with Crippen molar-refractivity contribution in [3.8, 4) is 0 Å². The number of hydrogen-bond acceptors (Lipinski definition) is 6. The molecule has 3 N–H and O–H groups in total. The molecule has 0 aliphatic heterocycles. The summed E-state index contributed by atoms with van der Waals surface area (Å²) in [7, 11) is 1.24. The van der Waals surface area contributed by atoms with Gasteiger partial charge in [0.05, 0.1) is 7.11 Å². The fourth-order valence-electron chi connectivity index (χ4n) is 5.34. The fraction of sp³-hybridized carbons (Fsp3) is 0.516. The van der Waals surface area contributed by atoms with Crippen LogP contribution >= 0.6 is 0 Å². The average molecular weight is 552 g/mol. The van der Waals surface area contributed by atoms with E-state index in [2.05, 4.69) is 16.0 Å². The summed E-state index contributed by atoms with van der Waals surface area (Å²) in [4.78, 5) is 63.9. The lowest BCUT2D eigenvalue weighted by atomic mass is 9.83. The first kappa shape index (κ1) is 30.8.